The van der Waals surface area contributed by atoms with Crippen LogP contribution in [0.25, 0.3) is 0 Å². The summed E-state index contributed by atoms with van der Waals surface area (Å²) in [4.78, 5) is 15.7. The molecule has 5 nitrogen and oxygen atoms in total. The second kappa shape index (κ2) is 14.5. The Labute approximate surface area is 246 Å². The van der Waals surface area contributed by atoms with Crippen molar-refractivity contribution in [3.05, 3.63) is 93.5 Å². The quantitative estimate of drug-likeness (QED) is 0.237. The Morgan fingerprint density at radius 3 is 1.82 bits per heavy atom. The number of methoxy groups -OCH3 is 2. The maximum Gasteiger partial charge on any atom is 0.254 e. The fourth-order valence-corrected chi connectivity index (χ4v) is 5.36. The zero-order valence-electron chi connectivity index (χ0n) is 24.9. The summed E-state index contributed by atoms with van der Waals surface area (Å²) in [5.74, 6) is 1.19. The number of quaternary nitrogens is 1. The molecule has 0 N–H and O–H groups in total. The van der Waals surface area contributed by atoms with Crippen molar-refractivity contribution < 1.29 is 35.7 Å². The number of carbonyl (C=O) groups excluding carboxylic acids is 1. The maximum atomic E-state index is 13.7. The van der Waals surface area contributed by atoms with Gasteiger partial charge >= 0.3 is 0 Å². The molecule has 0 saturated carbocycles. The van der Waals surface area contributed by atoms with Gasteiger partial charge in [-0.05, 0) is 64.3 Å². The molecule has 0 radical (unpaired) electrons. The lowest BCUT2D eigenvalue weighted by Crippen LogP contribution is -3.00. The normalized spacial score (nSPS) is 11.1. The summed E-state index contributed by atoms with van der Waals surface area (Å²) in [6, 6.07) is 18.7. The summed E-state index contributed by atoms with van der Waals surface area (Å²) in [6.07, 6.45) is 1.98. The number of nitrogens with zero attached hydrogens (tertiary/aromatic N) is 2. The highest BCUT2D eigenvalue weighted by atomic mass is 79.9. The SMILES string of the molecule is COc1ccc(C(=O)N(CCCC[N+](C)(C)Cc2cc(C)cc(C)c2)Cc2cc(C)cc(C)c2)cc1OC.[Br-]. The number of amides is 1. The van der Waals surface area contributed by atoms with Crippen LogP contribution in [0.3, 0.4) is 0 Å². The molecule has 0 spiro atoms. The van der Waals surface area contributed by atoms with Crippen molar-refractivity contribution in [1.29, 1.82) is 0 Å². The summed E-state index contributed by atoms with van der Waals surface area (Å²) >= 11 is 0. The highest BCUT2D eigenvalue weighted by Crippen LogP contribution is 2.28. The minimum absolute atomic E-state index is 0. The van der Waals surface area contributed by atoms with Gasteiger partial charge in [0.15, 0.2) is 11.5 Å². The fraction of sp³-hybridized carbons (Fsp3) is 0.424. The van der Waals surface area contributed by atoms with Gasteiger partial charge in [0.2, 0.25) is 0 Å². The molecule has 3 aromatic carbocycles. The Kier molecular flexibility index (Phi) is 12.1. The summed E-state index contributed by atoms with van der Waals surface area (Å²) in [6.45, 7) is 11.9. The molecule has 3 aromatic rings. The van der Waals surface area contributed by atoms with Crippen LogP contribution in [0, 0.1) is 27.7 Å². The van der Waals surface area contributed by atoms with Crippen molar-refractivity contribution in [2.45, 2.75) is 53.6 Å². The van der Waals surface area contributed by atoms with Crippen LogP contribution in [0.1, 0.15) is 56.6 Å². The summed E-state index contributed by atoms with van der Waals surface area (Å²) in [7, 11) is 7.78. The molecule has 0 aliphatic rings. The summed E-state index contributed by atoms with van der Waals surface area (Å²) in [5, 5.41) is 0. The average Bonchev–Trinajstić information content (AvgIpc) is 2.83. The number of rotatable bonds is 12. The van der Waals surface area contributed by atoms with E-state index in [2.05, 4.69) is 78.2 Å². The monoisotopic (exact) mass is 596 g/mol. The second-order valence-electron chi connectivity index (χ2n) is 11.3. The lowest BCUT2D eigenvalue weighted by atomic mass is 10.1. The van der Waals surface area contributed by atoms with Crippen molar-refractivity contribution in [3.8, 4) is 11.5 Å². The third kappa shape index (κ3) is 9.70. The van der Waals surface area contributed by atoms with Crippen LogP contribution in [0.4, 0.5) is 0 Å². The molecule has 0 unspecified atom stereocenters. The molecule has 1 amide bonds. The van der Waals surface area contributed by atoms with E-state index in [9.17, 15) is 4.79 Å². The topological polar surface area (TPSA) is 38.8 Å². The minimum atomic E-state index is 0. The van der Waals surface area contributed by atoms with Crippen molar-refractivity contribution in [3.63, 3.8) is 0 Å². The summed E-state index contributed by atoms with van der Waals surface area (Å²) < 4.78 is 11.7. The number of ether oxygens (including phenoxy) is 2. The molecule has 0 aliphatic carbocycles. The van der Waals surface area contributed by atoms with Gasteiger partial charge in [-0.3, -0.25) is 4.79 Å². The summed E-state index contributed by atoms with van der Waals surface area (Å²) in [5.41, 5.74) is 8.20. The lowest BCUT2D eigenvalue weighted by Gasteiger charge is -2.31. The molecule has 0 atom stereocenters. The van der Waals surface area contributed by atoms with Gasteiger partial charge in [-0.15, -0.1) is 0 Å². The third-order valence-electron chi connectivity index (χ3n) is 6.91. The molecule has 0 aliphatic heterocycles. The Bertz CT molecular complexity index is 1220. The van der Waals surface area contributed by atoms with Crippen LogP contribution in [0.5, 0.6) is 11.5 Å². The molecule has 0 aromatic heterocycles. The number of unbranched alkanes of at least 4 members (excludes halogenated alkanes) is 1. The van der Waals surface area contributed by atoms with Crippen molar-refractivity contribution in [1.82, 2.24) is 4.90 Å². The van der Waals surface area contributed by atoms with Crippen LogP contribution in [0.2, 0.25) is 0 Å². The first kappa shape index (κ1) is 32.4. The Morgan fingerprint density at radius 1 is 0.744 bits per heavy atom. The van der Waals surface area contributed by atoms with Crippen LogP contribution in [-0.4, -0.2) is 56.7 Å². The first-order valence-corrected chi connectivity index (χ1v) is 13.5. The number of carbonyl (C=O) groups is 1. The Hall–Kier alpha value is -2.83. The molecule has 39 heavy (non-hydrogen) atoms. The smallest absolute Gasteiger partial charge is 0.254 e. The number of benzene rings is 3. The van der Waals surface area contributed by atoms with Gasteiger partial charge in [-0.1, -0.05) is 58.7 Å². The lowest BCUT2D eigenvalue weighted by molar-refractivity contribution is -0.903. The third-order valence-corrected chi connectivity index (χ3v) is 6.91. The van der Waals surface area contributed by atoms with Gasteiger partial charge in [0, 0.05) is 24.2 Å². The van der Waals surface area contributed by atoms with E-state index in [0.29, 0.717) is 30.2 Å². The molecule has 0 bridgehead atoms. The second-order valence-corrected chi connectivity index (χ2v) is 11.3. The van der Waals surface area contributed by atoms with Gasteiger partial charge < -0.3 is 35.8 Å². The van der Waals surface area contributed by atoms with Gasteiger partial charge in [0.25, 0.3) is 5.91 Å². The van der Waals surface area contributed by atoms with E-state index in [1.165, 1.54) is 27.8 Å². The molecular formula is C33H45BrN2O3. The van der Waals surface area contributed by atoms with Crippen LogP contribution in [0.15, 0.2) is 54.6 Å². The zero-order valence-corrected chi connectivity index (χ0v) is 26.5. The van der Waals surface area contributed by atoms with E-state index >= 15 is 0 Å². The molecule has 0 saturated heterocycles. The Balaban J connectivity index is 0.00000533. The predicted molar refractivity (Wildman–Crippen MR) is 156 cm³/mol. The number of hydrogen-bond acceptors (Lipinski definition) is 3. The predicted octanol–water partition coefficient (Wildman–Crippen LogP) is 3.64. The first-order valence-electron chi connectivity index (χ1n) is 13.5. The number of halogens is 1. The highest BCUT2D eigenvalue weighted by Gasteiger charge is 2.20. The van der Waals surface area contributed by atoms with Crippen LogP contribution in [-0.2, 0) is 13.1 Å². The molecule has 212 valence electrons. The van der Waals surface area contributed by atoms with Gasteiger partial charge in [0.05, 0.1) is 34.9 Å². The van der Waals surface area contributed by atoms with E-state index < -0.39 is 0 Å². The molecule has 0 fully saturated rings. The van der Waals surface area contributed by atoms with Crippen molar-refractivity contribution in [2.75, 3.05) is 41.4 Å². The zero-order chi connectivity index (χ0) is 27.9. The van der Waals surface area contributed by atoms with Crippen LogP contribution >= 0.6 is 0 Å². The number of hydrogen-bond donors (Lipinski definition) is 0. The van der Waals surface area contributed by atoms with Gasteiger partial charge in [-0.25, -0.2) is 0 Å². The molecular weight excluding hydrogens is 552 g/mol. The maximum absolute atomic E-state index is 13.7. The van der Waals surface area contributed by atoms with Crippen molar-refractivity contribution in [2.24, 2.45) is 0 Å². The van der Waals surface area contributed by atoms with E-state index in [4.69, 9.17) is 9.47 Å². The first-order chi connectivity index (χ1) is 18.0. The van der Waals surface area contributed by atoms with Gasteiger partial charge in [0.1, 0.15) is 6.54 Å². The highest BCUT2D eigenvalue weighted by molar-refractivity contribution is 5.95. The molecule has 3 rings (SSSR count). The van der Waals surface area contributed by atoms with E-state index in [1.54, 1.807) is 26.4 Å². The average molecular weight is 598 g/mol. The fourth-order valence-electron chi connectivity index (χ4n) is 5.36. The standard InChI is InChI=1S/C33H45N2O3.BrH/c1-24-15-25(2)18-28(17-24)22-34(33(36)30-11-12-31(37-7)32(21-30)38-8)13-9-10-14-35(5,6)23-29-19-26(3)16-27(4)20-29;/h11-12,15-21H,9-10,13-14,22-23H2,1-8H3;1H/q+1;/p-1. The molecule has 6 heteroatoms. The van der Waals surface area contributed by atoms with E-state index in [1.807, 2.05) is 11.0 Å². The van der Waals surface area contributed by atoms with E-state index in [-0.39, 0.29) is 22.9 Å². The van der Waals surface area contributed by atoms with Crippen molar-refractivity contribution >= 4 is 5.91 Å². The van der Waals surface area contributed by atoms with Crippen LogP contribution < -0.4 is 26.5 Å². The van der Waals surface area contributed by atoms with E-state index in [0.717, 1.165) is 36.0 Å². The van der Waals surface area contributed by atoms with Gasteiger partial charge in [-0.2, -0.15) is 0 Å². The molecule has 0 heterocycles. The number of aryl methyl sites for hydroxylation is 4. The largest absolute Gasteiger partial charge is 1.00 e. The minimum Gasteiger partial charge on any atom is -1.00 e. The Morgan fingerprint density at radius 2 is 1.28 bits per heavy atom.